The number of hydrogen-bond acceptors (Lipinski definition) is 2. The van der Waals surface area contributed by atoms with E-state index in [1.54, 1.807) is 0 Å². The van der Waals surface area contributed by atoms with Crippen molar-refractivity contribution < 1.29 is 23.1 Å². The van der Waals surface area contributed by atoms with Crippen LogP contribution in [-0.4, -0.2) is 15.6 Å². The second-order valence-corrected chi connectivity index (χ2v) is 5.30. The van der Waals surface area contributed by atoms with E-state index in [-0.39, 0.29) is 16.1 Å². The summed E-state index contributed by atoms with van der Waals surface area (Å²) in [6.45, 7) is 1.30. The first-order valence-corrected chi connectivity index (χ1v) is 6.81. The van der Waals surface area contributed by atoms with Crippen molar-refractivity contribution in [1.29, 1.82) is 0 Å². The van der Waals surface area contributed by atoms with Crippen LogP contribution in [-0.2, 0) is 11.0 Å². The van der Waals surface area contributed by atoms with Crippen molar-refractivity contribution in [2.45, 2.75) is 19.1 Å². The Bertz CT molecular complexity index is 814. The SMILES string of the molecule is C[C@H](C(=O)O)n1ccc(-c2cc(Cl)ccc2C(F)(F)F)cc1=O. The van der Waals surface area contributed by atoms with Crippen LogP contribution in [0.25, 0.3) is 11.1 Å². The van der Waals surface area contributed by atoms with Gasteiger partial charge in [0, 0.05) is 17.3 Å². The molecule has 23 heavy (non-hydrogen) atoms. The van der Waals surface area contributed by atoms with Crippen molar-refractivity contribution in [2.24, 2.45) is 0 Å². The number of aromatic nitrogens is 1. The number of aliphatic carboxylic acids is 1. The molecule has 0 aliphatic heterocycles. The lowest BCUT2D eigenvalue weighted by Gasteiger charge is -2.15. The van der Waals surface area contributed by atoms with E-state index in [4.69, 9.17) is 16.7 Å². The summed E-state index contributed by atoms with van der Waals surface area (Å²) in [4.78, 5) is 22.9. The minimum atomic E-state index is -4.61. The van der Waals surface area contributed by atoms with Crippen LogP contribution in [0.15, 0.2) is 41.3 Å². The highest BCUT2D eigenvalue weighted by Gasteiger charge is 2.33. The topological polar surface area (TPSA) is 59.3 Å². The molecule has 1 heterocycles. The van der Waals surface area contributed by atoms with Gasteiger partial charge in [0.25, 0.3) is 5.56 Å². The van der Waals surface area contributed by atoms with Crippen LogP contribution in [0.5, 0.6) is 0 Å². The zero-order chi connectivity index (χ0) is 17.4. The van der Waals surface area contributed by atoms with Crippen molar-refractivity contribution >= 4 is 17.6 Å². The van der Waals surface area contributed by atoms with E-state index >= 15 is 0 Å². The molecule has 0 unspecified atom stereocenters. The molecule has 0 spiro atoms. The Balaban J connectivity index is 2.61. The predicted octanol–water partition coefficient (Wildman–Crippen LogP) is 3.83. The Hall–Kier alpha value is -2.28. The Kier molecular flexibility index (Phi) is 4.51. The second kappa shape index (κ2) is 6.08. The summed E-state index contributed by atoms with van der Waals surface area (Å²) in [5.41, 5.74) is -1.87. The molecule has 0 bridgehead atoms. The van der Waals surface area contributed by atoms with E-state index in [2.05, 4.69) is 0 Å². The molecular formula is C15H11ClF3NO3. The van der Waals surface area contributed by atoms with Crippen molar-refractivity contribution in [3.8, 4) is 11.1 Å². The lowest BCUT2D eigenvalue weighted by atomic mass is 10.00. The molecule has 0 saturated heterocycles. The quantitative estimate of drug-likeness (QED) is 0.919. The maximum absolute atomic E-state index is 13.1. The summed E-state index contributed by atoms with van der Waals surface area (Å²) in [5.74, 6) is -1.22. The third-order valence-electron chi connectivity index (χ3n) is 3.32. The molecular weight excluding hydrogens is 335 g/mol. The summed E-state index contributed by atoms with van der Waals surface area (Å²) >= 11 is 5.75. The van der Waals surface area contributed by atoms with Crippen molar-refractivity contribution in [3.63, 3.8) is 0 Å². The Morgan fingerprint density at radius 2 is 1.91 bits per heavy atom. The zero-order valence-electron chi connectivity index (χ0n) is 11.8. The minimum absolute atomic E-state index is 0.0127. The highest BCUT2D eigenvalue weighted by atomic mass is 35.5. The first-order chi connectivity index (χ1) is 10.6. The number of hydrogen-bond donors (Lipinski definition) is 1. The number of carbonyl (C=O) groups is 1. The van der Waals surface area contributed by atoms with Gasteiger partial charge in [0.2, 0.25) is 0 Å². The van der Waals surface area contributed by atoms with Gasteiger partial charge in [-0.2, -0.15) is 13.2 Å². The molecule has 8 heteroatoms. The number of rotatable bonds is 3. The number of carboxylic acid groups (broad SMARTS) is 1. The van der Waals surface area contributed by atoms with Gasteiger partial charge in [-0.1, -0.05) is 11.6 Å². The minimum Gasteiger partial charge on any atom is -0.480 e. The number of alkyl halides is 3. The van der Waals surface area contributed by atoms with Crippen molar-refractivity contribution in [1.82, 2.24) is 4.57 Å². The molecule has 4 nitrogen and oxygen atoms in total. The second-order valence-electron chi connectivity index (χ2n) is 4.86. The number of nitrogens with zero attached hydrogens (tertiary/aromatic N) is 1. The monoisotopic (exact) mass is 345 g/mol. The summed E-state index contributed by atoms with van der Waals surface area (Å²) in [5, 5.41) is 9.00. The number of pyridine rings is 1. The average molecular weight is 346 g/mol. The van der Waals surface area contributed by atoms with Gasteiger partial charge in [0.05, 0.1) is 5.56 Å². The third-order valence-corrected chi connectivity index (χ3v) is 3.56. The molecule has 2 aromatic rings. The molecule has 0 fully saturated rings. The predicted molar refractivity (Wildman–Crippen MR) is 78.5 cm³/mol. The first kappa shape index (κ1) is 17.1. The van der Waals surface area contributed by atoms with Gasteiger partial charge in [-0.3, -0.25) is 4.79 Å². The van der Waals surface area contributed by atoms with E-state index in [9.17, 15) is 22.8 Å². The van der Waals surface area contributed by atoms with Gasteiger partial charge >= 0.3 is 12.1 Å². The van der Waals surface area contributed by atoms with Gasteiger partial charge in [0.15, 0.2) is 0 Å². The summed E-state index contributed by atoms with van der Waals surface area (Å²) in [7, 11) is 0. The molecule has 2 rings (SSSR count). The van der Waals surface area contributed by atoms with Crippen LogP contribution in [0.2, 0.25) is 5.02 Å². The van der Waals surface area contributed by atoms with Gasteiger partial charge in [-0.15, -0.1) is 0 Å². The molecule has 122 valence electrons. The van der Waals surface area contributed by atoms with Crippen LogP contribution in [0.4, 0.5) is 13.2 Å². The van der Waals surface area contributed by atoms with Crippen LogP contribution in [0.3, 0.4) is 0 Å². The molecule has 1 aromatic heterocycles. The summed E-state index contributed by atoms with van der Waals surface area (Å²) < 4.78 is 40.1. The lowest BCUT2D eigenvalue weighted by molar-refractivity contribution is -0.140. The van der Waals surface area contributed by atoms with Crippen LogP contribution >= 0.6 is 11.6 Å². The van der Waals surface area contributed by atoms with Crippen LogP contribution < -0.4 is 5.56 Å². The number of halogens is 4. The van der Waals surface area contributed by atoms with E-state index in [0.29, 0.717) is 0 Å². The first-order valence-electron chi connectivity index (χ1n) is 6.43. The summed E-state index contributed by atoms with van der Waals surface area (Å²) in [6.07, 6.45) is -3.46. The van der Waals surface area contributed by atoms with Gasteiger partial charge in [-0.05, 0) is 42.3 Å². The molecule has 0 radical (unpaired) electrons. The lowest BCUT2D eigenvalue weighted by Crippen LogP contribution is -2.27. The van der Waals surface area contributed by atoms with Crippen LogP contribution in [0, 0.1) is 0 Å². The molecule has 1 N–H and O–H groups in total. The Morgan fingerprint density at radius 3 is 2.43 bits per heavy atom. The van der Waals surface area contributed by atoms with E-state index in [1.165, 1.54) is 13.0 Å². The molecule has 0 amide bonds. The average Bonchev–Trinajstić information content (AvgIpc) is 2.45. The highest BCUT2D eigenvalue weighted by Crippen LogP contribution is 2.38. The zero-order valence-corrected chi connectivity index (χ0v) is 12.5. The van der Waals surface area contributed by atoms with Gasteiger partial charge in [0.1, 0.15) is 6.04 Å². The fourth-order valence-corrected chi connectivity index (χ4v) is 2.27. The molecule has 1 aromatic carbocycles. The van der Waals surface area contributed by atoms with Gasteiger partial charge in [-0.25, -0.2) is 4.79 Å². The number of carboxylic acids is 1. The summed E-state index contributed by atoms with van der Waals surface area (Å²) in [6, 6.07) is 4.15. The largest absolute Gasteiger partial charge is 0.480 e. The molecule has 0 aliphatic rings. The maximum Gasteiger partial charge on any atom is 0.417 e. The standard InChI is InChI=1S/C15H11ClF3NO3/c1-8(14(22)23)20-5-4-9(6-13(20)21)11-7-10(16)2-3-12(11)15(17,18)19/h2-8H,1H3,(H,22,23)/t8-/m1/s1. The molecule has 0 aliphatic carbocycles. The highest BCUT2D eigenvalue weighted by molar-refractivity contribution is 6.30. The normalized spacial score (nSPS) is 12.9. The fourth-order valence-electron chi connectivity index (χ4n) is 2.10. The van der Waals surface area contributed by atoms with Gasteiger partial charge < -0.3 is 9.67 Å². The Labute approximate surface area is 133 Å². The maximum atomic E-state index is 13.1. The number of benzene rings is 1. The van der Waals surface area contributed by atoms with Crippen molar-refractivity contribution in [3.05, 3.63) is 57.5 Å². The van der Waals surface area contributed by atoms with Crippen molar-refractivity contribution in [2.75, 3.05) is 0 Å². The van der Waals surface area contributed by atoms with E-state index in [1.807, 2.05) is 0 Å². The fraction of sp³-hybridized carbons (Fsp3) is 0.200. The Morgan fingerprint density at radius 1 is 1.26 bits per heavy atom. The molecule has 1 atom stereocenters. The molecule has 0 saturated carbocycles. The smallest absolute Gasteiger partial charge is 0.417 e. The third kappa shape index (κ3) is 3.56. The van der Waals surface area contributed by atoms with E-state index in [0.717, 1.165) is 35.0 Å². The van der Waals surface area contributed by atoms with Crippen LogP contribution in [0.1, 0.15) is 18.5 Å². The van der Waals surface area contributed by atoms with E-state index < -0.39 is 29.3 Å².